The highest BCUT2D eigenvalue weighted by atomic mass is 32.2. The lowest BCUT2D eigenvalue weighted by molar-refractivity contribution is -0.390. The first-order chi connectivity index (χ1) is 8.75. The molecule has 1 fully saturated rings. The van der Waals surface area contributed by atoms with Gasteiger partial charge in [-0.25, -0.2) is 13.1 Å². The van der Waals surface area contributed by atoms with Crippen LogP contribution in [-0.2, 0) is 10.0 Å². The number of nitro benzene ring substituents is 1. The molecule has 0 aliphatic heterocycles. The van der Waals surface area contributed by atoms with Crippen LogP contribution in [0.2, 0.25) is 0 Å². The Kier molecular flexibility index (Phi) is 3.31. The number of halogens is 1. The molecule has 0 spiro atoms. The molecule has 1 aliphatic rings. The van der Waals surface area contributed by atoms with E-state index in [1.54, 1.807) is 0 Å². The molecule has 0 saturated heterocycles. The van der Waals surface area contributed by atoms with Crippen molar-refractivity contribution in [3.63, 3.8) is 0 Å². The summed E-state index contributed by atoms with van der Waals surface area (Å²) < 4.78 is 39.7. The zero-order valence-corrected chi connectivity index (χ0v) is 11.0. The standard InChI is InChI=1S/C11H13FN2O4S/c1-11(5-6-11)7-13-19(17,18)9-4-2-3-8(12)10(9)14(15)16/h2-4,13H,5-7H2,1H3. The van der Waals surface area contributed by atoms with Gasteiger partial charge in [0.2, 0.25) is 15.8 Å². The molecule has 1 aliphatic carbocycles. The summed E-state index contributed by atoms with van der Waals surface area (Å²) in [4.78, 5) is 9.11. The van der Waals surface area contributed by atoms with E-state index in [0.717, 1.165) is 31.0 Å². The van der Waals surface area contributed by atoms with Crippen LogP contribution >= 0.6 is 0 Å². The van der Waals surface area contributed by atoms with Gasteiger partial charge in [-0.2, -0.15) is 4.39 Å². The summed E-state index contributed by atoms with van der Waals surface area (Å²) in [6.45, 7) is 2.11. The van der Waals surface area contributed by atoms with E-state index in [1.165, 1.54) is 0 Å². The maximum Gasteiger partial charge on any atom is 0.324 e. The first-order valence-corrected chi connectivity index (χ1v) is 7.16. The lowest BCUT2D eigenvalue weighted by atomic mass is 10.2. The predicted octanol–water partition coefficient (Wildman–Crippen LogP) is 1.81. The number of nitro groups is 1. The monoisotopic (exact) mass is 288 g/mol. The smallest absolute Gasteiger partial charge is 0.258 e. The molecule has 0 heterocycles. The molecule has 0 aromatic heterocycles. The van der Waals surface area contributed by atoms with Crippen LogP contribution in [0.25, 0.3) is 0 Å². The van der Waals surface area contributed by atoms with Crippen LogP contribution in [0.15, 0.2) is 23.1 Å². The second-order valence-electron chi connectivity index (χ2n) is 4.98. The Morgan fingerprint density at radius 3 is 2.63 bits per heavy atom. The van der Waals surface area contributed by atoms with Crippen LogP contribution in [0.5, 0.6) is 0 Å². The van der Waals surface area contributed by atoms with Gasteiger partial charge in [-0.15, -0.1) is 0 Å². The molecule has 2 rings (SSSR count). The molecule has 1 aromatic rings. The molecular weight excluding hydrogens is 275 g/mol. The molecule has 0 bridgehead atoms. The quantitative estimate of drug-likeness (QED) is 0.661. The van der Waals surface area contributed by atoms with Crippen molar-refractivity contribution in [2.24, 2.45) is 5.41 Å². The van der Waals surface area contributed by atoms with Gasteiger partial charge in [-0.3, -0.25) is 10.1 Å². The second kappa shape index (κ2) is 4.53. The van der Waals surface area contributed by atoms with E-state index in [9.17, 15) is 22.9 Å². The molecule has 19 heavy (non-hydrogen) atoms. The average Bonchev–Trinajstić information content (AvgIpc) is 3.05. The first kappa shape index (κ1) is 13.9. The number of sulfonamides is 1. The van der Waals surface area contributed by atoms with Gasteiger partial charge in [0.1, 0.15) is 0 Å². The van der Waals surface area contributed by atoms with Crippen LogP contribution in [0, 0.1) is 21.3 Å². The number of hydrogen-bond donors (Lipinski definition) is 1. The normalized spacial score (nSPS) is 17.2. The minimum Gasteiger partial charge on any atom is -0.258 e. The minimum absolute atomic E-state index is 0.0881. The van der Waals surface area contributed by atoms with E-state index >= 15 is 0 Å². The molecule has 0 amide bonds. The summed E-state index contributed by atoms with van der Waals surface area (Å²) in [6, 6.07) is 3.02. The number of nitrogens with zero attached hydrogens (tertiary/aromatic N) is 1. The summed E-state index contributed by atoms with van der Waals surface area (Å²) in [6.07, 6.45) is 1.81. The van der Waals surface area contributed by atoms with E-state index < -0.39 is 31.3 Å². The van der Waals surface area contributed by atoms with Crippen molar-refractivity contribution in [1.29, 1.82) is 0 Å². The molecule has 0 unspecified atom stereocenters. The zero-order chi connectivity index (χ0) is 14.3. The van der Waals surface area contributed by atoms with E-state index in [4.69, 9.17) is 0 Å². The summed E-state index contributed by atoms with van der Waals surface area (Å²) in [5, 5.41) is 10.8. The number of rotatable bonds is 5. The highest BCUT2D eigenvalue weighted by molar-refractivity contribution is 7.89. The Labute approximate surface area is 109 Å². The van der Waals surface area contributed by atoms with Crippen molar-refractivity contribution in [2.75, 3.05) is 6.54 Å². The number of benzene rings is 1. The largest absolute Gasteiger partial charge is 0.324 e. The van der Waals surface area contributed by atoms with Crippen LogP contribution in [0.3, 0.4) is 0 Å². The van der Waals surface area contributed by atoms with Crippen molar-refractivity contribution in [3.8, 4) is 0 Å². The Morgan fingerprint density at radius 1 is 1.47 bits per heavy atom. The Balaban J connectivity index is 2.34. The lowest BCUT2D eigenvalue weighted by Crippen LogP contribution is -2.29. The molecule has 0 atom stereocenters. The summed E-state index contributed by atoms with van der Waals surface area (Å²) in [5.41, 5.74) is -1.11. The number of nitrogens with one attached hydrogen (secondary N) is 1. The van der Waals surface area contributed by atoms with Gasteiger partial charge in [-0.05, 0) is 30.4 Å². The van der Waals surface area contributed by atoms with E-state index in [1.807, 2.05) is 6.92 Å². The first-order valence-electron chi connectivity index (χ1n) is 5.68. The van der Waals surface area contributed by atoms with Gasteiger partial charge in [-0.1, -0.05) is 13.0 Å². The van der Waals surface area contributed by atoms with Crippen LogP contribution < -0.4 is 4.72 Å². The number of para-hydroxylation sites is 1. The topological polar surface area (TPSA) is 89.3 Å². The fourth-order valence-electron chi connectivity index (χ4n) is 1.63. The highest BCUT2D eigenvalue weighted by Crippen LogP contribution is 2.44. The molecule has 1 aromatic carbocycles. The molecule has 6 nitrogen and oxygen atoms in total. The zero-order valence-electron chi connectivity index (χ0n) is 10.2. The highest BCUT2D eigenvalue weighted by Gasteiger charge is 2.39. The third-order valence-corrected chi connectivity index (χ3v) is 4.65. The van der Waals surface area contributed by atoms with Crippen molar-refractivity contribution in [1.82, 2.24) is 4.72 Å². The Bertz CT molecular complexity index is 626. The molecule has 0 radical (unpaired) electrons. The summed E-state index contributed by atoms with van der Waals surface area (Å²) in [7, 11) is -4.08. The van der Waals surface area contributed by atoms with Gasteiger partial charge in [0.05, 0.1) is 4.92 Å². The number of hydrogen-bond acceptors (Lipinski definition) is 4. The Morgan fingerprint density at radius 2 is 2.11 bits per heavy atom. The van der Waals surface area contributed by atoms with Crippen LogP contribution in [0.1, 0.15) is 19.8 Å². The fraction of sp³-hybridized carbons (Fsp3) is 0.455. The van der Waals surface area contributed by atoms with Crippen molar-refractivity contribution in [3.05, 3.63) is 34.1 Å². The predicted molar refractivity (Wildman–Crippen MR) is 65.6 cm³/mol. The fourth-order valence-corrected chi connectivity index (χ4v) is 3.01. The average molecular weight is 288 g/mol. The lowest BCUT2D eigenvalue weighted by Gasteiger charge is -2.11. The van der Waals surface area contributed by atoms with E-state index in [-0.39, 0.29) is 12.0 Å². The summed E-state index contributed by atoms with van der Waals surface area (Å²) >= 11 is 0. The maximum absolute atomic E-state index is 13.4. The molecule has 8 heteroatoms. The third kappa shape index (κ3) is 2.90. The molecule has 1 N–H and O–H groups in total. The van der Waals surface area contributed by atoms with E-state index in [0.29, 0.717) is 0 Å². The van der Waals surface area contributed by atoms with Crippen molar-refractivity contribution >= 4 is 15.7 Å². The summed E-state index contributed by atoms with van der Waals surface area (Å²) in [5.74, 6) is -1.16. The SMILES string of the molecule is CC1(CNS(=O)(=O)c2cccc(F)c2[N+](=O)[O-])CC1. The van der Waals surface area contributed by atoms with Crippen molar-refractivity contribution in [2.45, 2.75) is 24.7 Å². The van der Waals surface area contributed by atoms with Crippen molar-refractivity contribution < 1.29 is 17.7 Å². The molecule has 104 valence electrons. The Hall–Kier alpha value is -1.54. The van der Waals surface area contributed by atoms with Gasteiger partial charge >= 0.3 is 5.69 Å². The molecule has 1 saturated carbocycles. The van der Waals surface area contributed by atoms with Crippen LogP contribution in [-0.4, -0.2) is 19.9 Å². The van der Waals surface area contributed by atoms with Gasteiger partial charge < -0.3 is 0 Å². The van der Waals surface area contributed by atoms with Gasteiger partial charge in [0.25, 0.3) is 0 Å². The van der Waals surface area contributed by atoms with E-state index in [2.05, 4.69) is 4.72 Å². The minimum atomic E-state index is -4.08. The van der Waals surface area contributed by atoms with Gasteiger partial charge in [0, 0.05) is 6.54 Å². The molecular formula is C11H13FN2O4S. The van der Waals surface area contributed by atoms with Crippen LogP contribution in [0.4, 0.5) is 10.1 Å². The third-order valence-electron chi connectivity index (χ3n) is 3.21. The van der Waals surface area contributed by atoms with Gasteiger partial charge in [0.15, 0.2) is 4.90 Å². The second-order valence-corrected chi connectivity index (χ2v) is 6.71. The maximum atomic E-state index is 13.4.